The maximum absolute atomic E-state index is 14.5. The second kappa shape index (κ2) is 11.6. The smallest absolute Gasteiger partial charge is 0.444 e. The minimum Gasteiger partial charge on any atom is -0.444 e. The van der Waals surface area contributed by atoms with Gasteiger partial charge in [-0.3, -0.25) is 9.59 Å². The molecule has 2 aliphatic heterocycles. The highest BCUT2D eigenvalue weighted by molar-refractivity contribution is 6.47. The fourth-order valence-electron chi connectivity index (χ4n) is 8.32. The number of rotatable bonds is 8. The van der Waals surface area contributed by atoms with Crippen LogP contribution in [-0.4, -0.2) is 65.3 Å². The third-order valence-corrected chi connectivity index (χ3v) is 11.1. The highest BCUT2D eigenvalue weighted by atomic mass is 16.7. The second-order valence-corrected chi connectivity index (χ2v) is 15.5. The molecule has 9 nitrogen and oxygen atoms in total. The first-order valence-electron chi connectivity index (χ1n) is 16.5. The van der Waals surface area contributed by atoms with E-state index in [1.807, 2.05) is 51.1 Å². The van der Waals surface area contributed by atoms with Crippen molar-refractivity contribution in [3.05, 3.63) is 35.9 Å². The molecule has 2 heterocycles. The molecule has 10 heteroatoms. The molecule has 2 bridgehead atoms. The molecule has 1 aromatic rings. The average Bonchev–Trinajstić information content (AvgIpc) is 3.30. The first-order valence-corrected chi connectivity index (χ1v) is 16.5. The molecular weight excluding hydrogens is 557 g/mol. The first kappa shape index (κ1) is 32.8. The molecule has 0 aromatic heterocycles. The van der Waals surface area contributed by atoms with Crippen molar-refractivity contribution >= 4 is 25.0 Å². The number of amides is 3. The van der Waals surface area contributed by atoms with Crippen molar-refractivity contribution in [3.63, 3.8) is 0 Å². The lowest BCUT2D eigenvalue weighted by Gasteiger charge is -2.64. The minimum atomic E-state index is -1.20. The van der Waals surface area contributed by atoms with E-state index in [4.69, 9.17) is 14.0 Å². The largest absolute Gasteiger partial charge is 0.481 e. The van der Waals surface area contributed by atoms with Crippen molar-refractivity contribution in [1.82, 2.24) is 15.5 Å². The number of carbonyl (C=O) groups is 3. The van der Waals surface area contributed by atoms with Crippen LogP contribution in [0.4, 0.5) is 4.79 Å². The molecule has 3 aliphatic carbocycles. The lowest BCUT2D eigenvalue weighted by atomic mass is 9.43. The standard InChI is InChI=1S/C34H52BN3O6/c1-10-26(35-43-25-20-23-19-24(32(23,7)8)33(25,9)44-35)36-28(39)27(22-15-12-11-13-16-22)38-18-14-17-34(21(2)3,29(38)40)37-30(41)42-31(4,5)6/h11-13,15-16,21,23-27H,10,14,17-20H2,1-9H3,(H,36,39)(H,37,41)/t23-,24-,25?,26-,27-,33-,34?/m0/s1. The summed E-state index contributed by atoms with van der Waals surface area (Å²) in [6, 6.07) is 8.50. The number of likely N-dealkylation sites (tertiary alicyclic amines) is 1. The highest BCUT2D eigenvalue weighted by Crippen LogP contribution is 2.65. The second-order valence-electron chi connectivity index (χ2n) is 15.5. The van der Waals surface area contributed by atoms with Crippen LogP contribution in [0.1, 0.15) is 106 Å². The summed E-state index contributed by atoms with van der Waals surface area (Å²) in [4.78, 5) is 43.4. The molecule has 1 aromatic carbocycles. The van der Waals surface area contributed by atoms with Crippen molar-refractivity contribution in [2.75, 3.05) is 6.54 Å². The third kappa shape index (κ3) is 5.66. The van der Waals surface area contributed by atoms with Crippen molar-refractivity contribution in [1.29, 1.82) is 0 Å². The van der Waals surface area contributed by atoms with Crippen molar-refractivity contribution in [2.24, 2.45) is 23.2 Å². The fourth-order valence-corrected chi connectivity index (χ4v) is 8.32. The molecular formula is C34H52BN3O6. The van der Waals surface area contributed by atoms with E-state index in [1.54, 1.807) is 25.7 Å². The zero-order chi connectivity index (χ0) is 32.2. The van der Waals surface area contributed by atoms with Crippen LogP contribution in [-0.2, 0) is 23.6 Å². The molecule has 3 amide bonds. The Morgan fingerprint density at radius 3 is 2.41 bits per heavy atom. The van der Waals surface area contributed by atoms with E-state index < -0.39 is 30.4 Å². The van der Waals surface area contributed by atoms with Crippen LogP contribution in [0.2, 0.25) is 0 Å². The van der Waals surface area contributed by atoms with E-state index in [1.165, 1.54) is 0 Å². The average molecular weight is 610 g/mol. The molecule has 5 aliphatic rings. The van der Waals surface area contributed by atoms with Crippen LogP contribution < -0.4 is 10.6 Å². The van der Waals surface area contributed by atoms with Crippen LogP contribution in [0.3, 0.4) is 0 Å². The van der Waals surface area contributed by atoms with Gasteiger partial charge in [-0.05, 0) is 88.5 Å². The zero-order valence-electron chi connectivity index (χ0n) is 28.1. The van der Waals surface area contributed by atoms with Gasteiger partial charge in [0.2, 0.25) is 11.8 Å². The number of ether oxygens (including phenoxy) is 1. The Hall–Kier alpha value is -2.59. The number of hydrogen-bond donors (Lipinski definition) is 2. The summed E-state index contributed by atoms with van der Waals surface area (Å²) in [7, 11) is -0.564. The van der Waals surface area contributed by atoms with Gasteiger partial charge in [0.05, 0.1) is 17.6 Å². The molecule has 7 atom stereocenters. The summed E-state index contributed by atoms with van der Waals surface area (Å²) in [5.41, 5.74) is -1.36. The SMILES string of the molecule is CC[C@H](NC(=O)[C@H](c1ccccc1)N1CCCC(NC(=O)OC(C)(C)C)(C(C)C)C1=O)B1OC2C[C@@H]3C[C@@H](C3(C)C)[C@]2(C)O1. The summed E-state index contributed by atoms with van der Waals surface area (Å²) in [5, 5.41) is 6.17. The predicted octanol–water partition coefficient (Wildman–Crippen LogP) is 5.43. The van der Waals surface area contributed by atoms with Gasteiger partial charge in [0.1, 0.15) is 17.2 Å². The van der Waals surface area contributed by atoms with E-state index in [-0.39, 0.29) is 40.8 Å². The molecule has 242 valence electrons. The van der Waals surface area contributed by atoms with Crippen LogP contribution in [0.5, 0.6) is 0 Å². The topological polar surface area (TPSA) is 106 Å². The highest BCUT2D eigenvalue weighted by Gasteiger charge is 2.68. The quantitative estimate of drug-likeness (QED) is 0.381. The summed E-state index contributed by atoms with van der Waals surface area (Å²) < 4.78 is 18.8. The molecule has 5 fully saturated rings. The molecule has 44 heavy (non-hydrogen) atoms. The molecule has 6 rings (SSSR count). The first-order chi connectivity index (χ1) is 20.5. The summed E-state index contributed by atoms with van der Waals surface area (Å²) in [6.07, 6.45) is 3.19. The van der Waals surface area contributed by atoms with E-state index in [9.17, 15) is 14.4 Å². The maximum Gasteiger partial charge on any atom is 0.481 e. The Morgan fingerprint density at radius 1 is 1.14 bits per heavy atom. The van der Waals surface area contributed by atoms with Crippen molar-refractivity contribution in [2.45, 2.75) is 129 Å². The van der Waals surface area contributed by atoms with E-state index in [0.717, 1.165) is 12.8 Å². The number of nitrogens with one attached hydrogen (secondary N) is 2. The maximum atomic E-state index is 14.5. The lowest BCUT2D eigenvalue weighted by molar-refractivity contribution is -0.199. The van der Waals surface area contributed by atoms with Gasteiger partial charge in [-0.25, -0.2) is 4.79 Å². The number of hydrogen-bond acceptors (Lipinski definition) is 6. The van der Waals surface area contributed by atoms with Crippen LogP contribution in [0.15, 0.2) is 30.3 Å². The molecule has 2 N–H and O–H groups in total. The van der Waals surface area contributed by atoms with Gasteiger partial charge in [-0.1, -0.05) is 65.0 Å². The summed E-state index contributed by atoms with van der Waals surface area (Å²) in [6.45, 7) is 18.5. The number of carbonyl (C=O) groups excluding carboxylic acids is 3. The lowest BCUT2D eigenvalue weighted by Crippen LogP contribution is -2.67. The van der Waals surface area contributed by atoms with Crippen molar-refractivity contribution in [3.8, 4) is 0 Å². The number of nitrogens with zero attached hydrogens (tertiary/aromatic N) is 1. The fraction of sp³-hybridized carbons (Fsp3) is 0.735. The molecule has 0 spiro atoms. The molecule has 0 radical (unpaired) electrons. The number of alkyl carbamates (subject to hydrolysis) is 1. The monoisotopic (exact) mass is 609 g/mol. The van der Waals surface area contributed by atoms with Gasteiger partial charge in [-0.2, -0.15) is 0 Å². The van der Waals surface area contributed by atoms with Gasteiger partial charge in [0.15, 0.2) is 0 Å². The minimum absolute atomic E-state index is 0.00871. The summed E-state index contributed by atoms with van der Waals surface area (Å²) in [5.74, 6) is -0.132. The Morgan fingerprint density at radius 2 is 1.82 bits per heavy atom. The molecule has 3 saturated carbocycles. The summed E-state index contributed by atoms with van der Waals surface area (Å²) >= 11 is 0. The van der Waals surface area contributed by atoms with Crippen molar-refractivity contribution < 1.29 is 28.4 Å². The van der Waals surface area contributed by atoms with Crippen LogP contribution in [0, 0.1) is 23.2 Å². The van der Waals surface area contributed by atoms with E-state index >= 15 is 0 Å². The van der Waals surface area contributed by atoms with Gasteiger partial charge >= 0.3 is 13.2 Å². The van der Waals surface area contributed by atoms with E-state index in [0.29, 0.717) is 43.2 Å². The van der Waals surface area contributed by atoms with Crippen LogP contribution >= 0.6 is 0 Å². The Labute approximate surface area is 263 Å². The van der Waals surface area contributed by atoms with Gasteiger partial charge < -0.3 is 29.6 Å². The van der Waals surface area contributed by atoms with Gasteiger partial charge in [0.25, 0.3) is 0 Å². The predicted molar refractivity (Wildman–Crippen MR) is 169 cm³/mol. The van der Waals surface area contributed by atoms with Gasteiger partial charge in [0, 0.05) is 6.54 Å². The normalized spacial score (nSPS) is 32.4. The molecule has 2 saturated heterocycles. The van der Waals surface area contributed by atoms with E-state index in [2.05, 4.69) is 31.4 Å². The third-order valence-electron chi connectivity index (χ3n) is 11.1. The van der Waals surface area contributed by atoms with Crippen LogP contribution in [0.25, 0.3) is 0 Å². The Bertz CT molecular complexity index is 1250. The Kier molecular flexibility index (Phi) is 8.68. The molecule has 2 unspecified atom stereocenters. The van der Waals surface area contributed by atoms with Gasteiger partial charge in [-0.15, -0.1) is 0 Å². The number of benzene rings is 1. The Balaban J connectivity index is 1.39. The number of piperidine rings is 1. The zero-order valence-corrected chi connectivity index (χ0v) is 28.1.